The highest BCUT2D eigenvalue weighted by atomic mass is 16.2. The van der Waals surface area contributed by atoms with E-state index in [9.17, 15) is 9.59 Å². The van der Waals surface area contributed by atoms with Crippen molar-refractivity contribution in [3.63, 3.8) is 0 Å². The van der Waals surface area contributed by atoms with Crippen LogP contribution in [0.25, 0.3) is 11.2 Å². The monoisotopic (exact) mass is 418 g/mol. The number of hydrogen-bond acceptors (Lipinski definition) is 5. The molecule has 160 valence electrons. The van der Waals surface area contributed by atoms with E-state index >= 15 is 0 Å². The summed E-state index contributed by atoms with van der Waals surface area (Å²) in [7, 11) is 3.13. The molecule has 8 nitrogen and oxygen atoms in total. The number of fused-ring (bicyclic) bond motifs is 1. The Labute approximate surface area is 180 Å². The molecule has 0 saturated carbocycles. The standard InChI is InChI=1S/C23H26N6O2/c1-26-21-20(22(30)27(2)23(26)31)29(17-25-21)14-13-28(16-19-9-6-11-24-15-19)12-10-18-7-4-3-5-8-18/h3-9,11,15,17H,10,12-14,16H2,1-2H3. The van der Waals surface area contributed by atoms with Gasteiger partial charge < -0.3 is 4.57 Å². The minimum Gasteiger partial charge on any atom is -0.323 e. The van der Waals surface area contributed by atoms with Crippen LogP contribution in [0, 0.1) is 0 Å². The lowest BCUT2D eigenvalue weighted by molar-refractivity contribution is 0.258. The second-order valence-electron chi connectivity index (χ2n) is 7.69. The summed E-state index contributed by atoms with van der Waals surface area (Å²) in [5, 5.41) is 0. The first-order chi connectivity index (χ1) is 15.0. The van der Waals surface area contributed by atoms with Gasteiger partial charge in [-0.15, -0.1) is 0 Å². The lowest BCUT2D eigenvalue weighted by Crippen LogP contribution is -2.38. The van der Waals surface area contributed by atoms with Crippen molar-refractivity contribution in [1.82, 2.24) is 28.6 Å². The average molecular weight is 419 g/mol. The Morgan fingerprint density at radius 3 is 2.45 bits per heavy atom. The molecule has 3 aromatic heterocycles. The van der Waals surface area contributed by atoms with E-state index in [1.807, 2.05) is 22.9 Å². The van der Waals surface area contributed by atoms with E-state index in [1.54, 1.807) is 19.6 Å². The van der Waals surface area contributed by atoms with Crippen LogP contribution in [0.4, 0.5) is 0 Å². The molecule has 31 heavy (non-hydrogen) atoms. The second-order valence-corrected chi connectivity index (χ2v) is 7.69. The van der Waals surface area contributed by atoms with Crippen LogP contribution >= 0.6 is 0 Å². The van der Waals surface area contributed by atoms with Gasteiger partial charge in [-0.25, -0.2) is 9.78 Å². The highest BCUT2D eigenvalue weighted by Crippen LogP contribution is 2.09. The Hall–Kier alpha value is -3.52. The summed E-state index contributed by atoms with van der Waals surface area (Å²) < 4.78 is 4.38. The zero-order valence-electron chi connectivity index (χ0n) is 17.8. The minimum absolute atomic E-state index is 0.321. The zero-order chi connectivity index (χ0) is 21.8. The molecule has 0 saturated heterocycles. The Kier molecular flexibility index (Phi) is 6.08. The molecule has 1 aromatic carbocycles. The van der Waals surface area contributed by atoms with Crippen LogP contribution in [-0.4, -0.2) is 41.7 Å². The van der Waals surface area contributed by atoms with Crippen molar-refractivity contribution < 1.29 is 0 Å². The van der Waals surface area contributed by atoms with Crippen molar-refractivity contribution in [1.29, 1.82) is 0 Å². The van der Waals surface area contributed by atoms with Crippen LogP contribution in [-0.2, 0) is 33.6 Å². The maximum absolute atomic E-state index is 12.7. The fourth-order valence-electron chi connectivity index (χ4n) is 3.77. The maximum Gasteiger partial charge on any atom is 0.332 e. The fourth-order valence-corrected chi connectivity index (χ4v) is 3.77. The lowest BCUT2D eigenvalue weighted by Gasteiger charge is -2.23. The topological polar surface area (TPSA) is 78.0 Å². The van der Waals surface area contributed by atoms with Crippen LogP contribution in [0.3, 0.4) is 0 Å². The van der Waals surface area contributed by atoms with E-state index in [4.69, 9.17) is 0 Å². The summed E-state index contributed by atoms with van der Waals surface area (Å²) in [6.07, 6.45) is 6.23. The SMILES string of the molecule is Cn1c(=O)c2c(ncn2CCN(CCc2ccccc2)Cc2cccnc2)n(C)c1=O. The van der Waals surface area contributed by atoms with Gasteiger partial charge in [-0.3, -0.25) is 23.8 Å². The minimum atomic E-state index is -0.371. The van der Waals surface area contributed by atoms with Crippen LogP contribution in [0.2, 0.25) is 0 Å². The summed E-state index contributed by atoms with van der Waals surface area (Å²) in [4.78, 5) is 35.8. The molecule has 3 heterocycles. The van der Waals surface area contributed by atoms with Crippen LogP contribution in [0.1, 0.15) is 11.1 Å². The fraction of sp³-hybridized carbons (Fsp3) is 0.304. The lowest BCUT2D eigenvalue weighted by atomic mass is 10.1. The summed E-state index contributed by atoms with van der Waals surface area (Å²) in [5.74, 6) is 0. The van der Waals surface area contributed by atoms with Gasteiger partial charge in [0.25, 0.3) is 5.56 Å². The largest absolute Gasteiger partial charge is 0.332 e. The molecule has 0 radical (unpaired) electrons. The van der Waals surface area contributed by atoms with Gasteiger partial charge in [-0.1, -0.05) is 36.4 Å². The molecular formula is C23H26N6O2. The third-order valence-corrected chi connectivity index (χ3v) is 5.56. The van der Waals surface area contributed by atoms with Crippen molar-refractivity contribution in [2.75, 3.05) is 13.1 Å². The van der Waals surface area contributed by atoms with Crippen molar-refractivity contribution in [2.24, 2.45) is 14.1 Å². The first-order valence-corrected chi connectivity index (χ1v) is 10.3. The van der Waals surface area contributed by atoms with Gasteiger partial charge >= 0.3 is 5.69 Å². The molecule has 0 aliphatic carbocycles. The van der Waals surface area contributed by atoms with Crippen LogP contribution in [0.15, 0.2) is 70.8 Å². The highest BCUT2D eigenvalue weighted by Gasteiger charge is 2.15. The molecule has 4 rings (SSSR count). The Morgan fingerprint density at radius 2 is 1.71 bits per heavy atom. The van der Waals surface area contributed by atoms with Gasteiger partial charge in [0.1, 0.15) is 0 Å². The summed E-state index contributed by atoms with van der Waals surface area (Å²) >= 11 is 0. The molecule has 0 aliphatic heterocycles. The van der Waals surface area contributed by atoms with Crippen molar-refractivity contribution in [3.8, 4) is 0 Å². The number of benzene rings is 1. The predicted molar refractivity (Wildman–Crippen MR) is 120 cm³/mol. The highest BCUT2D eigenvalue weighted by molar-refractivity contribution is 5.69. The molecule has 8 heteroatoms. The first-order valence-electron chi connectivity index (χ1n) is 10.3. The van der Waals surface area contributed by atoms with E-state index in [2.05, 4.69) is 45.2 Å². The predicted octanol–water partition coefficient (Wildman–Crippen LogP) is 1.57. The van der Waals surface area contributed by atoms with E-state index < -0.39 is 0 Å². The Morgan fingerprint density at radius 1 is 0.935 bits per heavy atom. The average Bonchev–Trinajstić information content (AvgIpc) is 3.23. The number of rotatable bonds is 8. The molecule has 0 fully saturated rings. The number of imidazole rings is 1. The molecular weight excluding hydrogens is 392 g/mol. The van der Waals surface area contributed by atoms with Crippen LogP contribution < -0.4 is 11.2 Å². The molecule has 0 unspecified atom stereocenters. The zero-order valence-corrected chi connectivity index (χ0v) is 17.8. The van der Waals surface area contributed by atoms with Gasteiger partial charge in [0.05, 0.1) is 6.33 Å². The summed E-state index contributed by atoms with van der Waals surface area (Å²) in [6.45, 7) is 2.98. The van der Waals surface area contributed by atoms with Gasteiger partial charge in [-0.05, 0) is 23.6 Å². The first kappa shape index (κ1) is 20.7. The van der Waals surface area contributed by atoms with E-state index in [0.717, 1.165) is 36.2 Å². The third kappa shape index (κ3) is 4.49. The van der Waals surface area contributed by atoms with E-state index in [1.165, 1.54) is 17.2 Å². The smallest absolute Gasteiger partial charge is 0.323 e. The summed E-state index contributed by atoms with van der Waals surface area (Å²) in [6, 6.07) is 14.4. The number of aromatic nitrogens is 5. The molecule has 0 aliphatic rings. The Balaban J connectivity index is 1.55. The molecule has 0 spiro atoms. The molecule has 0 atom stereocenters. The number of nitrogens with zero attached hydrogens (tertiary/aromatic N) is 6. The molecule has 0 N–H and O–H groups in total. The second kappa shape index (κ2) is 9.09. The number of hydrogen-bond donors (Lipinski definition) is 0. The molecule has 4 aromatic rings. The third-order valence-electron chi connectivity index (χ3n) is 5.56. The summed E-state index contributed by atoms with van der Waals surface area (Å²) in [5.41, 5.74) is 2.60. The normalized spacial score (nSPS) is 11.5. The molecule has 0 amide bonds. The number of pyridine rings is 1. The van der Waals surface area contributed by atoms with E-state index in [0.29, 0.717) is 17.7 Å². The quantitative estimate of drug-likeness (QED) is 0.434. The van der Waals surface area contributed by atoms with E-state index in [-0.39, 0.29) is 11.2 Å². The van der Waals surface area contributed by atoms with Crippen molar-refractivity contribution in [2.45, 2.75) is 19.5 Å². The Bertz CT molecular complexity index is 1270. The maximum atomic E-state index is 12.7. The van der Waals surface area contributed by atoms with Crippen LogP contribution in [0.5, 0.6) is 0 Å². The van der Waals surface area contributed by atoms with Gasteiger partial charge in [-0.2, -0.15) is 0 Å². The number of aryl methyl sites for hydroxylation is 1. The van der Waals surface area contributed by atoms with Gasteiger partial charge in [0.2, 0.25) is 0 Å². The van der Waals surface area contributed by atoms with Gasteiger partial charge in [0, 0.05) is 52.7 Å². The van der Waals surface area contributed by atoms with Crippen molar-refractivity contribution in [3.05, 3.63) is 93.2 Å². The van der Waals surface area contributed by atoms with Gasteiger partial charge in [0.15, 0.2) is 11.2 Å². The molecule has 0 bridgehead atoms. The van der Waals surface area contributed by atoms with Crippen molar-refractivity contribution >= 4 is 11.2 Å².